The average molecular weight is 257 g/mol. The first-order valence-electron chi connectivity index (χ1n) is 6.13. The van der Waals surface area contributed by atoms with Crippen LogP contribution < -0.4 is 4.74 Å². The third-order valence-electron chi connectivity index (χ3n) is 3.12. The SMILES string of the molecule is OC1CCN(CCOc2ccc(F)cc2F)CC1. The summed E-state index contributed by atoms with van der Waals surface area (Å²) in [4.78, 5) is 2.16. The van der Waals surface area contributed by atoms with Gasteiger partial charge in [0, 0.05) is 25.7 Å². The van der Waals surface area contributed by atoms with Crippen LogP contribution in [-0.4, -0.2) is 42.4 Å². The second-order valence-electron chi connectivity index (χ2n) is 4.50. The van der Waals surface area contributed by atoms with Crippen LogP contribution in [0.3, 0.4) is 0 Å². The van der Waals surface area contributed by atoms with Crippen molar-refractivity contribution in [3.63, 3.8) is 0 Å². The zero-order valence-electron chi connectivity index (χ0n) is 10.1. The zero-order valence-corrected chi connectivity index (χ0v) is 10.1. The number of piperidine rings is 1. The van der Waals surface area contributed by atoms with Gasteiger partial charge in [0.25, 0.3) is 0 Å². The van der Waals surface area contributed by atoms with Crippen LogP contribution in [0.5, 0.6) is 5.75 Å². The van der Waals surface area contributed by atoms with Crippen molar-refractivity contribution in [2.45, 2.75) is 18.9 Å². The first-order valence-corrected chi connectivity index (χ1v) is 6.13. The van der Waals surface area contributed by atoms with E-state index in [4.69, 9.17) is 4.74 Å². The van der Waals surface area contributed by atoms with Crippen molar-refractivity contribution in [3.05, 3.63) is 29.8 Å². The minimum Gasteiger partial charge on any atom is -0.489 e. The molecule has 2 rings (SSSR count). The predicted molar refractivity (Wildman–Crippen MR) is 63.5 cm³/mol. The van der Waals surface area contributed by atoms with Crippen LogP contribution in [-0.2, 0) is 0 Å². The van der Waals surface area contributed by atoms with Gasteiger partial charge in [0.1, 0.15) is 12.4 Å². The summed E-state index contributed by atoms with van der Waals surface area (Å²) >= 11 is 0. The number of nitrogens with zero attached hydrogens (tertiary/aromatic N) is 1. The van der Waals surface area contributed by atoms with Gasteiger partial charge in [0.15, 0.2) is 11.6 Å². The molecular formula is C13H17F2NO2. The first kappa shape index (κ1) is 13.2. The summed E-state index contributed by atoms with van der Waals surface area (Å²) in [5, 5.41) is 9.35. The third kappa shape index (κ3) is 3.65. The van der Waals surface area contributed by atoms with E-state index in [-0.39, 0.29) is 11.9 Å². The van der Waals surface area contributed by atoms with Crippen molar-refractivity contribution in [1.29, 1.82) is 0 Å². The van der Waals surface area contributed by atoms with Crippen LogP contribution in [0.1, 0.15) is 12.8 Å². The topological polar surface area (TPSA) is 32.7 Å². The van der Waals surface area contributed by atoms with E-state index in [9.17, 15) is 13.9 Å². The molecule has 1 aliphatic rings. The Morgan fingerprint density at radius 1 is 1.28 bits per heavy atom. The van der Waals surface area contributed by atoms with Gasteiger partial charge >= 0.3 is 0 Å². The first-order chi connectivity index (χ1) is 8.65. The van der Waals surface area contributed by atoms with Crippen LogP contribution in [0, 0.1) is 11.6 Å². The molecule has 0 saturated carbocycles. The predicted octanol–water partition coefficient (Wildman–Crippen LogP) is 1.80. The van der Waals surface area contributed by atoms with Gasteiger partial charge in [-0.25, -0.2) is 8.78 Å². The maximum absolute atomic E-state index is 13.3. The molecule has 0 atom stereocenters. The molecule has 0 amide bonds. The number of likely N-dealkylation sites (tertiary alicyclic amines) is 1. The maximum atomic E-state index is 13.3. The Labute approximate surface area is 105 Å². The third-order valence-corrected chi connectivity index (χ3v) is 3.12. The molecule has 1 aromatic carbocycles. The number of hydrogen-bond acceptors (Lipinski definition) is 3. The van der Waals surface area contributed by atoms with Crippen molar-refractivity contribution in [2.75, 3.05) is 26.2 Å². The molecule has 5 heteroatoms. The molecule has 0 aliphatic carbocycles. The average Bonchev–Trinajstić information content (AvgIpc) is 2.34. The van der Waals surface area contributed by atoms with Gasteiger partial charge in [-0.2, -0.15) is 0 Å². The minimum absolute atomic E-state index is 0.0773. The van der Waals surface area contributed by atoms with E-state index < -0.39 is 11.6 Å². The smallest absolute Gasteiger partial charge is 0.167 e. The van der Waals surface area contributed by atoms with Gasteiger partial charge in [0.2, 0.25) is 0 Å². The lowest BCUT2D eigenvalue weighted by Crippen LogP contribution is -2.38. The molecule has 1 aromatic rings. The summed E-state index contributed by atoms with van der Waals surface area (Å²) in [6, 6.07) is 3.28. The Morgan fingerprint density at radius 2 is 2.00 bits per heavy atom. The van der Waals surface area contributed by atoms with Gasteiger partial charge in [-0.3, -0.25) is 4.90 Å². The van der Waals surface area contributed by atoms with Crippen molar-refractivity contribution < 1.29 is 18.6 Å². The Balaban J connectivity index is 1.75. The molecule has 1 saturated heterocycles. The summed E-state index contributed by atoms with van der Waals surface area (Å²) in [6.45, 7) is 2.70. The fraction of sp³-hybridized carbons (Fsp3) is 0.538. The number of rotatable bonds is 4. The number of benzene rings is 1. The number of ether oxygens (including phenoxy) is 1. The van der Waals surface area contributed by atoms with E-state index >= 15 is 0 Å². The highest BCUT2D eigenvalue weighted by atomic mass is 19.1. The summed E-state index contributed by atoms with van der Waals surface area (Å²) in [6.07, 6.45) is 1.34. The van der Waals surface area contributed by atoms with Gasteiger partial charge in [-0.05, 0) is 25.0 Å². The molecule has 1 aliphatic heterocycles. The fourth-order valence-electron chi connectivity index (χ4n) is 2.02. The second-order valence-corrected chi connectivity index (χ2v) is 4.50. The van der Waals surface area contributed by atoms with Gasteiger partial charge in [0.05, 0.1) is 6.10 Å². The lowest BCUT2D eigenvalue weighted by molar-refractivity contribution is 0.0751. The van der Waals surface area contributed by atoms with E-state index in [1.165, 1.54) is 12.1 Å². The highest BCUT2D eigenvalue weighted by Crippen LogP contribution is 2.17. The van der Waals surface area contributed by atoms with E-state index in [0.717, 1.165) is 32.0 Å². The lowest BCUT2D eigenvalue weighted by Gasteiger charge is -2.29. The van der Waals surface area contributed by atoms with Crippen LogP contribution >= 0.6 is 0 Å². The molecule has 1 fully saturated rings. The van der Waals surface area contributed by atoms with Crippen LogP contribution in [0.25, 0.3) is 0 Å². The molecule has 0 aromatic heterocycles. The largest absolute Gasteiger partial charge is 0.489 e. The van der Waals surface area contributed by atoms with Crippen molar-refractivity contribution in [1.82, 2.24) is 4.90 Å². The minimum atomic E-state index is -0.677. The monoisotopic (exact) mass is 257 g/mol. The van der Waals surface area contributed by atoms with Crippen LogP contribution in [0.15, 0.2) is 18.2 Å². The molecule has 0 unspecified atom stereocenters. The molecule has 3 nitrogen and oxygen atoms in total. The van der Waals surface area contributed by atoms with Crippen LogP contribution in [0.2, 0.25) is 0 Å². The lowest BCUT2D eigenvalue weighted by atomic mass is 10.1. The standard InChI is InChI=1S/C13H17F2NO2/c14-10-1-2-13(12(15)9-10)18-8-7-16-5-3-11(17)4-6-16/h1-2,9,11,17H,3-8H2. The molecule has 0 radical (unpaired) electrons. The highest BCUT2D eigenvalue weighted by molar-refractivity contribution is 5.24. The highest BCUT2D eigenvalue weighted by Gasteiger charge is 2.16. The molecule has 1 N–H and O–H groups in total. The molecular weight excluding hydrogens is 240 g/mol. The number of aliphatic hydroxyl groups is 1. The van der Waals surface area contributed by atoms with Gasteiger partial charge in [-0.1, -0.05) is 0 Å². The van der Waals surface area contributed by atoms with E-state index in [2.05, 4.69) is 4.90 Å². The maximum Gasteiger partial charge on any atom is 0.167 e. The van der Waals surface area contributed by atoms with E-state index in [0.29, 0.717) is 13.2 Å². The molecule has 0 bridgehead atoms. The fourth-order valence-corrected chi connectivity index (χ4v) is 2.02. The summed E-state index contributed by atoms with van der Waals surface area (Å²) in [5.41, 5.74) is 0. The summed E-state index contributed by atoms with van der Waals surface area (Å²) < 4.78 is 31.2. The Bertz CT molecular complexity index is 393. The zero-order chi connectivity index (χ0) is 13.0. The van der Waals surface area contributed by atoms with Crippen molar-refractivity contribution >= 4 is 0 Å². The van der Waals surface area contributed by atoms with Crippen molar-refractivity contribution in [3.8, 4) is 5.75 Å². The number of hydrogen-bond donors (Lipinski definition) is 1. The van der Waals surface area contributed by atoms with Gasteiger partial charge < -0.3 is 9.84 Å². The molecule has 0 spiro atoms. The molecule has 100 valence electrons. The van der Waals surface area contributed by atoms with E-state index in [1.807, 2.05) is 0 Å². The molecule has 1 heterocycles. The Kier molecular flexibility index (Phi) is 4.49. The van der Waals surface area contributed by atoms with Crippen molar-refractivity contribution in [2.24, 2.45) is 0 Å². The molecule has 18 heavy (non-hydrogen) atoms. The van der Waals surface area contributed by atoms with E-state index in [1.54, 1.807) is 0 Å². The Hall–Kier alpha value is -1.20. The Morgan fingerprint density at radius 3 is 2.67 bits per heavy atom. The normalized spacial score (nSPS) is 17.9. The quantitative estimate of drug-likeness (QED) is 0.892. The summed E-state index contributed by atoms with van der Waals surface area (Å²) in [5.74, 6) is -1.21. The number of aliphatic hydroxyl groups excluding tert-OH is 1. The number of halogens is 2. The summed E-state index contributed by atoms with van der Waals surface area (Å²) in [7, 11) is 0. The van der Waals surface area contributed by atoms with Crippen LogP contribution in [0.4, 0.5) is 8.78 Å². The van der Waals surface area contributed by atoms with Gasteiger partial charge in [-0.15, -0.1) is 0 Å². The second kappa shape index (κ2) is 6.11.